The third-order valence-electron chi connectivity index (χ3n) is 3.53. The largest absolute Gasteiger partial charge is 0.328 e. The van der Waals surface area contributed by atoms with Crippen LogP contribution < -0.4 is 0 Å². The summed E-state index contributed by atoms with van der Waals surface area (Å²) >= 11 is 0. The summed E-state index contributed by atoms with van der Waals surface area (Å²) in [7, 11) is 0. The summed E-state index contributed by atoms with van der Waals surface area (Å²) in [5.41, 5.74) is 1.54. The summed E-state index contributed by atoms with van der Waals surface area (Å²) in [5, 5.41) is 0. The highest BCUT2D eigenvalue weighted by molar-refractivity contribution is 5.94. The Labute approximate surface area is 117 Å². The number of hydrogen-bond acceptors (Lipinski definition) is 4. The molecule has 1 unspecified atom stereocenters. The molecule has 5 nitrogen and oxygen atoms in total. The van der Waals surface area contributed by atoms with Crippen molar-refractivity contribution in [3.05, 3.63) is 53.9 Å². The summed E-state index contributed by atoms with van der Waals surface area (Å²) in [6.45, 7) is 2.68. The van der Waals surface area contributed by atoms with Gasteiger partial charge in [-0.05, 0) is 38.0 Å². The fourth-order valence-corrected chi connectivity index (χ4v) is 2.56. The minimum atomic E-state index is -0.0254. The molecule has 0 bridgehead atoms. The zero-order valence-electron chi connectivity index (χ0n) is 11.4. The maximum atomic E-state index is 12.5. The van der Waals surface area contributed by atoms with E-state index in [4.69, 9.17) is 0 Å². The summed E-state index contributed by atoms with van der Waals surface area (Å²) < 4.78 is 0. The van der Waals surface area contributed by atoms with E-state index in [0.717, 1.165) is 30.9 Å². The maximum Gasteiger partial charge on any atom is 0.256 e. The minimum Gasteiger partial charge on any atom is -0.328 e. The lowest BCUT2D eigenvalue weighted by molar-refractivity contribution is 0.0729. The Balaban J connectivity index is 1.88. The van der Waals surface area contributed by atoms with Crippen LogP contribution in [0.3, 0.4) is 0 Å². The smallest absolute Gasteiger partial charge is 0.256 e. The molecule has 20 heavy (non-hydrogen) atoms. The number of hydrogen-bond donors (Lipinski definition) is 0. The number of rotatable bonds is 2. The van der Waals surface area contributed by atoms with Crippen LogP contribution in [0.2, 0.25) is 0 Å². The van der Waals surface area contributed by atoms with Gasteiger partial charge >= 0.3 is 0 Å². The minimum absolute atomic E-state index is 0.00528. The lowest BCUT2D eigenvalue weighted by Gasteiger charge is -2.23. The molecule has 0 aromatic carbocycles. The van der Waals surface area contributed by atoms with Crippen LogP contribution in [-0.4, -0.2) is 32.3 Å². The number of nitrogens with zero attached hydrogens (tertiary/aromatic N) is 4. The van der Waals surface area contributed by atoms with Crippen molar-refractivity contribution in [2.45, 2.75) is 25.8 Å². The second kappa shape index (κ2) is 5.36. The van der Waals surface area contributed by atoms with Gasteiger partial charge in [0.25, 0.3) is 5.91 Å². The number of likely N-dealkylation sites (tertiary alicyclic amines) is 1. The summed E-state index contributed by atoms with van der Waals surface area (Å²) in [6, 6.07) is 5.41. The third-order valence-corrected chi connectivity index (χ3v) is 3.53. The van der Waals surface area contributed by atoms with Crippen LogP contribution in [0, 0.1) is 6.92 Å². The highest BCUT2D eigenvalue weighted by Gasteiger charge is 2.32. The standard InChI is InChI=1S/C15H16N4O/c1-11-6-8-17-14(18-11)13-5-3-9-19(13)15(20)12-4-2-7-16-10-12/h2,4,6-8,10,13H,3,5,9H2,1H3. The van der Waals surface area contributed by atoms with E-state index in [1.807, 2.05) is 17.9 Å². The van der Waals surface area contributed by atoms with Gasteiger partial charge in [-0.25, -0.2) is 9.97 Å². The number of carbonyl (C=O) groups is 1. The monoisotopic (exact) mass is 268 g/mol. The van der Waals surface area contributed by atoms with Gasteiger partial charge in [0.2, 0.25) is 0 Å². The quantitative estimate of drug-likeness (QED) is 0.837. The van der Waals surface area contributed by atoms with Crippen LogP contribution >= 0.6 is 0 Å². The van der Waals surface area contributed by atoms with Crippen molar-refractivity contribution < 1.29 is 4.79 Å². The van der Waals surface area contributed by atoms with Crippen LogP contribution in [0.1, 0.15) is 40.8 Å². The van der Waals surface area contributed by atoms with Gasteiger partial charge in [-0.2, -0.15) is 0 Å². The van der Waals surface area contributed by atoms with E-state index in [-0.39, 0.29) is 11.9 Å². The molecule has 5 heteroatoms. The first-order valence-corrected chi connectivity index (χ1v) is 6.76. The van der Waals surface area contributed by atoms with Gasteiger partial charge in [-0.15, -0.1) is 0 Å². The fraction of sp³-hybridized carbons (Fsp3) is 0.333. The Morgan fingerprint density at radius 3 is 3.00 bits per heavy atom. The van der Waals surface area contributed by atoms with E-state index in [0.29, 0.717) is 5.56 Å². The zero-order valence-corrected chi connectivity index (χ0v) is 11.4. The Bertz CT molecular complexity index is 614. The second-order valence-corrected chi connectivity index (χ2v) is 4.95. The van der Waals surface area contributed by atoms with Gasteiger partial charge in [0.15, 0.2) is 5.82 Å². The lowest BCUT2D eigenvalue weighted by atomic mass is 10.2. The molecule has 1 fully saturated rings. The van der Waals surface area contributed by atoms with Gasteiger partial charge < -0.3 is 4.90 Å². The average Bonchev–Trinajstić information content (AvgIpc) is 2.97. The van der Waals surface area contributed by atoms with E-state index >= 15 is 0 Å². The Kier molecular flexibility index (Phi) is 3.41. The molecule has 102 valence electrons. The number of aromatic nitrogens is 3. The molecule has 1 amide bonds. The molecule has 3 rings (SSSR count). The zero-order chi connectivity index (χ0) is 13.9. The van der Waals surface area contributed by atoms with Crippen LogP contribution in [0.4, 0.5) is 0 Å². The van der Waals surface area contributed by atoms with E-state index in [1.165, 1.54) is 0 Å². The summed E-state index contributed by atoms with van der Waals surface area (Å²) in [5.74, 6) is 0.741. The number of carbonyl (C=O) groups excluding carboxylic acids is 1. The van der Waals surface area contributed by atoms with E-state index < -0.39 is 0 Å². The first-order chi connectivity index (χ1) is 9.75. The van der Waals surface area contributed by atoms with Crippen LogP contribution in [-0.2, 0) is 0 Å². The van der Waals surface area contributed by atoms with Crippen LogP contribution in [0.5, 0.6) is 0 Å². The highest BCUT2D eigenvalue weighted by atomic mass is 16.2. The van der Waals surface area contributed by atoms with E-state index in [2.05, 4.69) is 15.0 Å². The normalized spacial score (nSPS) is 18.2. The van der Waals surface area contributed by atoms with E-state index in [1.54, 1.807) is 30.7 Å². The molecule has 1 aliphatic rings. The van der Waals surface area contributed by atoms with Crippen molar-refractivity contribution in [2.75, 3.05) is 6.54 Å². The molecule has 2 aromatic heterocycles. The first kappa shape index (κ1) is 12.7. The Hall–Kier alpha value is -2.30. The summed E-state index contributed by atoms with van der Waals surface area (Å²) in [6.07, 6.45) is 6.92. The Morgan fingerprint density at radius 2 is 2.25 bits per heavy atom. The third kappa shape index (κ3) is 2.39. The molecule has 1 atom stereocenters. The van der Waals surface area contributed by atoms with Crippen molar-refractivity contribution in [2.24, 2.45) is 0 Å². The van der Waals surface area contributed by atoms with Crippen molar-refractivity contribution in [1.82, 2.24) is 19.9 Å². The van der Waals surface area contributed by atoms with Crippen molar-refractivity contribution >= 4 is 5.91 Å². The topological polar surface area (TPSA) is 59.0 Å². The molecule has 3 heterocycles. The maximum absolute atomic E-state index is 12.5. The molecule has 0 spiro atoms. The fourth-order valence-electron chi connectivity index (χ4n) is 2.56. The molecule has 0 radical (unpaired) electrons. The number of amides is 1. The van der Waals surface area contributed by atoms with Gasteiger partial charge in [-0.1, -0.05) is 0 Å². The van der Waals surface area contributed by atoms with Crippen LogP contribution in [0.25, 0.3) is 0 Å². The molecule has 1 aliphatic heterocycles. The molecule has 0 aliphatic carbocycles. The predicted molar refractivity (Wildman–Crippen MR) is 74.0 cm³/mol. The van der Waals surface area contributed by atoms with Gasteiger partial charge in [0.1, 0.15) is 0 Å². The lowest BCUT2D eigenvalue weighted by Crippen LogP contribution is -2.31. The Morgan fingerprint density at radius 1 is 1.35 bits per heavy atom. The predicted octanol–water partition coefficient (Wildman–Crippen LogP) is 2.16. The SMILES string of the molecule is Cc1ccnc(C2CCCN2C(=O)c2cccnc2)n1. The number of aryl methyl sites for hydroxylation is 1. The van der Waals surface area contributed by atoms with Gasteiger partial charge in [0, 0.05) is 30.8 Å². The van der Waals surface area contributed by atoms with Crippen molar-refractivity contribution in [1.29, 1.82) is 0 Å². The second-order valence-electron chi connectivity index (χ2n) is 4.95. The molecule has 2 aromatic rings. The number of pyridine rings is 1. The molecular formula is C15H16N4O. The first-order valence-electron chi connectivity index (χ1n) is 6.76. The van der Waals surface area contributed by atoms with Crippen LogP contribution in [0.15, 0.2) is 36.8 Å². The molecule has 0 saturated carbocycles. The molecule has 1 saturated heterocycles. The van der Waals surface area contributed by atoms with Crippen molar-refractivity contribution in [3.63, 3.8) is 0 Å². The van der Waals surface area contributed by atoms with Crippen molar-refractivity contribution in [3.8, 4) is 0 Å². The van der Waals surface area contributed by atoms with E-state index in [9.17, 15) is 4.79 Å². The average molecular weight is 268 g/mol. The molecular weight excluding hydrogens is 252 g/mol. The molecule has 0 N–H and O–H groups in total. The van der Waals surface area contributed by atoms with Gasteiger partial charge in [0.05, 0.1) is 11.6 Å². The van der Waals surface area contributed by atoms with Gasteiger partial charge in [-0.3, -0.25) is 9.78 Å². The highest BCUT2D eigenvalue weighted by Crippen LogP contribution is 2.30. The summed E-state index contributed by atoms with van der Waals surface area (Å²) in [4.78, 5) is 27.2.